The minimum atomic E-state index is -0.0210. The number of methoxy groups -OCH3 is 1. The molecule has 1 amide bonds. The summed E-state index contributed by atoms with van der Waals surface area (Å²) in [6.07, 6.45) is 0.407. The van der Waals surface area contributed by atoms with Crippen molar-refractivity contribution >= 4 is 34.2 Å². The largest absolute Gasteiger partial charge is 0.495 e. The summed E-state index contributed by atoms with van der Waals surface area (Å²) in [7, 11) is 1.62. The topological polar surface area (TPSA) is 47.4 Å². The normalized spacial score (nSPS) is 16.3. The van der Waals surface area contributed by atoms with Crippen molar-refractivity contribution in [3.05, 3.63) is 89.2 Å². The van der Waals surface area contributed by atoms with Gasteiger partial charge in [0.05, 0.1) is 30.4 Å². The molecule has 0 radical (unpaired) electrons. The fourth-order valence-corrected chi connectivity index (χ4v) is 4.53. The van der Waals surface area contributed by atoms with E-state index in [0.29, 0.717) is 25.3 Å². The molecule has 0 bridgehead atoms. The minimum absolute atomic E-state index is 0.0210. The van der Waals surface area contributed by atoms with Crippen LogP contribution in [0.15, 0.2) is 72.8 Å². The van der Waals surface area contributed by atoms with Gasteiger partial charge in [-0.2, -0.15) is 0 Å². The third-order valence-corrected chi connectivity index (χ3v) is 6.21. The Hall–Kier alpha value is -3.31. The fraction of sp³-hybridized carbons (Fsp3) is 0.200. The molecule has 156 valence electrons. The lowest BCUT2D eigenvalue weighted by molar-refractivity contribution is -0.117. The maximum Gasteiger partial charge on any atom is 0.227 e. The second-order valence-electron chi connectivity index (χ2n) is 7.71. The van der Waals surface area contributed by atoms with Crippen LogP contribution in [0.4, 0.5) is 5.69 Å². The first-order valence-corrected chi connectivity index (χ1v) is 10.7. The Kier molecular flexibility index (Phi) is 5.12. The third-order valence-electron chi connectivity index (χ3n) is 5.84. The molecule has 5 rings (SSSR count). The van der Waals surface area contributed by atoms with Crippen LogP contribution in [0.2, 0.25) is 5.02 Å². The summed E-state index contributed by atoms with van der Waals surface area (Å²) < 4.78 is 7.68. The number of nitrogens with zero attached hydrogens (tertiary/aromatic N) is 3. The highest BCUT2D eigenvalue weighted by Gasteiger charge is 2.36. The van der Waals surface area contributed by atoms with Gasteiger partial charge < -0.3 is 14.2 Å². The number of carbonyl (C=O) groups is 1. The molecule has 0 saturated carbocycles. The summed E-state index contributed by atoms with van der Waals surface area (Å²) in [5.74, 6) is 1.66. The Bertz CT molecular complexity index is 1270. The summed E-state index contributed by atoms with van der Waals surface area (Å²) >= 11 is 6.45. The number of hydrogen-bond acceptors (Lipinski definition) is 3. The molecule has 1 aromatic heterocycles. The smallest absolute Gasteiger partial charge is 0.227 e. The van der Waals surface area contributed by atoms with Crippen LogP contribution in [0.5, 0.6) is 5.75 Å². The van der Waals surface area contributed by atoms with E-state index in [-0.39, 0.29) is 11.8 Å². The van der Waals surface area contributed by atoms with Gasteiger partial charge in [-0.15, -0.1) is 0 Å². The molecule has 1 aliphatic heterocycles. The second kappa shape index (κ2) is 8.08. The maximum atomic E-state index is 13.0. The predicted molar refractivity (Wildman–Crippen MR) is 123 cm³/mol. The van der Waals surface area contributed by atoms with Gasteiger partial charge in [-0.05, 0) is 35.9 Å². The molecule has 1 atom stereocenters. The average molecular weight is 432 g/mol. The summed E-state index contributed by atoms with van der Waals surface area (Å²) in [6, 6.07) is 23.6. The standard InChI is InChI=1S/C25H22ClN3O2/c1-31-23-13-7-6-12-22(23)28-16-18(14-24(28)30)25-27-20-10-4-5-11-21(20)29(25)15-17-8-2-3-9-19(17)26/h2-13,18H,14-16H2,1H3. The Morgan fingerprint density at radius 2 is 1.77 bits per heavy atom. The number of aromatic nitrogens is 2. The molecule has 4 aromatic rings. The van der Waals surface area contributed by atoms with Crippen molar-refractivity contribution < 1.29 is 9.53 Å². The number of rotatable bonds is 5. The van der Waals surface area contributed by atoms with E-state index in [1.54, 1.807) is 7.11 Å². The van der Waals surface area contributed by atoms with Crippen molar-refractivity contribution in [2.24, 2.45) is 0 Å². The van der Waals surface area contributed by atoms with Gasteiger partial charge in [-0.3, -0.25) is 4.79 Å². The lowest BCUT2D eigenvalue weighted by Crippen LogP contribution is -2.25. The quantitative estimate of drug-likeness (QED) is 0.432. The van der Waals surface area contributed by atoms with Crippen LogP contribution in [0.3, 0.4) is 0 Å². The molecule has 0 aliphatic carbocycles. The summed E-state index contributed by atoms with van der Waals surface area (Å²) in [5, 5.41) is 0.726. The number of carbonyl (C=O) groups excluding carboxylic acids is 1. The van der Waals surface area contributed by atoms with Crippen molar-refractivity contribution in [1.29, 1.82) is 0 Å². The van der Waals surface area contributed by atoms with E-state index >= 15 is 0 Å². The molecule has 0 N–H and O–H groups in total. The van der Waals surface area contributed by atoms with Crippen LogP contribution in [-0.2, 0) is 11.3 Å². The van der Waals surface area contributed by atoms with Crippen molar-refractivity contribution in [2.45, 2.75) is 18.9 Å². The van der Waals surface area contributed by atoms with E-state index in [1.165, 1.54) is 0 Å². The first-order valence-electron chi connectivity index (χ1n) is 10.3. The first kappa shape index (κ1) is 19.6. The molecule has 1 aliphatic rings. The number of para-hydroxylation sites is 4. The van der Waals surface area contributed by atoms with Gasteiger partial charge in [-0.1, -0.05) is 54.1 Å². The SMILES string of the molecule is COc1ccccc1N1CC(c2nc3ccccc3n2Cc2ccccc2Cl)CC1=O. The van der Waals surface area contributed by atoms with Crippen molar-refractivity contribution in [3.8, 4) is 5.75 Å². The zero-order valence-electron chi connectivity index (χ0n) is 17.2. The van der Waals surface area contributed by atoms with Crippen molar-refractivity contribution in [3.63, 3.8) is 0 Å². The Balaban J connectivity index is 1.55. The molecule has 31 heavy (non-hydrogen) atoms. The number of imidazole rings is 1. The first-order chi connectivity index (χ1) is 15.2. The van der Waals surface area contributed by atoms with Crippen LogP contribution in [0.1, 0.15) is 23.7 Å². The van der Waals surface area contributed by atoms with Gasteiger partial charge in [0.1, 0.15) is 11.6 Å². The summed E-state index contributed by atoms with van der Waals surface area (Å²) in [4.78, 5) is 19.7. The molecule has 3 aromatic carbocycles. The molecule has 1 fully saturated rings. The number of ether oxygens (including phenoxy) is 1. The lowest BCUT2D eigenvalue weighted by atomic mass is 10.1. The Labute approximate surface area is 185 Å². The van der Waals surface area contributed by atoms with E-state index in [4.69, 9.17) is 21.3 Å². The van der Waals surface area contributed by atoms with Crippen molar-refractivity contribution in [1.82, 2.24) is 9.55 Å². The van der Waals surface area contributed by atoms with Crippen LogP contribution < -0.4 is 9.64 Å². The van der Waals surface area contributed by atoms with E-state index in [0.717, 1.165) is 33.1 Å². The number of fused-ring (bicyclic) bond motifs is 1. The molecular formula is C25H22ClN3O2. The van der Waals surface area contributed by atoms with E-state index in [2.05, 4.69) is 10.6 Å². The second-order valence-corrected chi connectivity index (χ2v) is 8.12. The Morgan fingerprint density at radius 1 is 1.03 bits per heavy atom. The number of amides is 1. The summed E-state index contributed by atoms with van der Waals surface area (Å²) in [5.41, 5.74) is 3.79. The summed E-state index contributed by atoms with van der Waals surface area (Å²) in [6.45, 7) is 1.17. The van der Waals surface area contributed by atoms with Crippen LogP contribution in [-0.4, -0.2) is 29.1 Å². The molecule has 2 heterocycles. The van der Waals surface area contributed by atoms with Crippen molar-refractivity contribution in [2.75, 3.05) is 18.6 Å². The molecule has 0 spiro atoms. The van der Waals surface area contributed by atoms with E-state index < -0.39 is 0 Å². The zero-order valence-corrected chi connectivity index (χ0v) is 17.9. The van der Waals surface area contributed by atoms with Gasteiger partial charge in [0.2, 0.25) is 5.91 Å². The van der Waals surface area contributed by atoms with Gasteiger partial charge in [0.15, 0.2) is 0 Å². The van der Waals surface area contributed by atoms with E-state index in [9.17, 15) is 4.79 Å². The van der Waals surface area contributed by atoms with E-state index in [1.807, 2.05) is 71.6 Å². The highest BCUT2D eigenvalue weighted by Crippen LogP contribution is 2.37. The molecule has 1 saturated heterocycles. The molecule has 6 heteroatoms. The lowest BCUT2D eigenvalue weighted by Gasteiger charge is -2.20. The highest BCUT2D eigenvalue weighted by atomic mass is 35.5. The predicted octanol–water partition coefficient (Wildman–Crippen LogP) is 5.27. The number of hydrogen-bond donors (Lipinski definition) is 0. The Morgan fingerprint density at radius 3 is 2.61 bits per heavy atom. The fourth-order valence-electron chi connectivity index (χ4n) is 4.34. The molecular weight excluding hydrogens is 410 g/mol. The molecule has 5 nitrogen and oxygen atoms in total. The van der Waals surface area contributed by atoms with Gasteiger partial charge in [0, 0.05) is 23.9 Å². The number of anilines is 1. The van der Waals surface area contributed by atoms with Crippen LogP contribution in [0, 0.1) is 0 Å². The number of halogens is 1. The monoisotopic (exact) mass is 431 g/mol. The minimum Gasteiger partial charge on any atom is -0.495 e. The van der Waals surface area contributed by atoms with Gasteiger partial charge in [-0.25, -0.2) is 4.98 Å². The maximum absolute atomic E-state index is 13.0. The van der Waals surface area contributed by atoms with Crippen LogP contribution >= 0.6 is 11.6 Å². The van der Waals surface area contributed by atoms with Gasteiger partial charge >= 0.3 is 0 Å². The molecule has 1 unspecified atom stereocenters. The highest BCUT2D eigenvalue weighted by molar-refractivity contribution is 6.31. The van der Waals surface area contributed by atoms with Gasteiger partial charge in [0.25, 0.3) is 0 Å². The average Bonchev–Trinajstić information content (AvgIpc) is 3.36. The number of benzene rings is 3. The van der Waals surface area contributed by atoms with Crippen LogP contribution in [0.25, 0.3) is 11.0 Å². The zero-order chi connectivity index (χ0) is 21.4. The third kappa shape index (κ3) is 3.55.